The number of rotatable bonds is 4. The summed E-state index contributed by atoms with van der Waals surface area (Å²) in [6.45, 7) is 0. The van der Waals surface area contributed by atoms with E-state index in [0.29, 0.717) is 22.4 Å². The van der Waals surface area contributed by atoms with Crippen molar-refractivity contribution in [3.8, 4) is 16.9 Å². The van der Waals surface area contributed by atoms with Gasteiger partial charge in [0.05, 0.1) is 7.11 Å². The second-order valence-corrected chi connectivity index (χ2v) is 5.24. The number of carbonyl (C=O) groups excluding carboxylic acids is 1. The van der Waals surface area contributed by atoms with E-state index in [4.69, 9.17) is 4.74 Å². The van der Waals surface area contributed by atoms with Gasteiger partial charge in [-0.05, 0) is 48.0 Å². The Morgan fingerprint density at radius 2 is 1.71 bits per heavy atom. The Bertz CT molecular complexity index is 860. The summed E-state index contributed by atoms with van der Waals surface area (Å²) in [5, 5.41) is 2.81. The number of anilines is 1. The molecule has 0 aliphatic heterocycles. The van der Waals surface area contributed by atoms with Crippen molar-refractivity contribution < 1.29 is 13.9 Å². The third-order valence-corrected chi connectivity index (χ3v) is 3.66. The first-order valence-electron chi connectivity index (χ1n) is 7.48. The van der Waals surface area contributed by atoms with Crippen molar-refractivity contribution in [2.24, 2.45) is 0 Å². The molecule has 3 nitrogen and oxygen atoms in total. The molecule has 3 rings (SSSR count). The molecular weight excluding hydrogens is 305 g/mol. The molecule has 0 unspecified atom stereocenters. The summed E-state index contributed by atoms with van der Waals surface area (Å²) in [5.74, 6) is 0.151. The van der Waals surface area contributed by atoms with E-state index in [2.05, 4.69) is 5.32 Å². The van der Waals surface area contributed by atoms with E-state index in [-0.39, 0.29) is 11.7 Å². The van der Waals surface area contributed by atoms with Crippen LogP contribution in [-0.2, 0) is 0 Å². The second kappa shape index (κ2) is 6.96. The Balaban J connectivity index is 1.83. The monoisotopic (exact) mass is 321 g/mol. The van der Waals surface area contributed by atoms with Gasteiger partial charge in [-0.3, -0.25) is 4.79 Å². The summed E-state index contributed by atoms with van der Waals surface area (Å²) in [6.07, 6.45) is 0. The second-order valence-electron chi connectivity index (χ2n) is 5.24. The average Bonchev–Trinajstić information content (AvgIpc) is 2.63. The first-order valence-corrected chi connectivity index (χ1v) is 7.48. The molecule has 0 aliphatic rings. The zero-order valence-electron chi connectivity index (χ0n) is 13.1. The summed E-state index contributed by atoms with van der Waals surface area (Å²) in [5.41, 5.74) is 2.26. The number of carbonyl (C=O) groups is 1. The van der Waals surface area contributed by atoms with Crippen LogP contribution in [-0.4, -0.2) is 13.0 Å². The third kappa shape index (κ3) is 3.43. The van der Waals surface area contributed by atoms with Crippen molar-refractivity contribution in [1.29, 1.82) is 0 Å². The minimum absolute atomic E-state index is 0.252. The molecule has 120 valence electrons. The lowest BCUT2D eigenvalue weighted by molar-refractivity contribution is 0.102. The number of hydrogen-bond acceptors (Lipinski definition) is 2. The fraction of sp³-hybridized carbons (Fsp3) is 0.0500. The van der Waals surface area contributed by atoms with Gasteiger partial charge < -0.3 is 10.1 Å². The topological polar surface area (TPSA) is 38.3 Å². The molecule has 24 heavy (non-hydrogen) atoms. The first kappa shape index (κ1) is 15.7. The van der Waals surface area contributed by atoms with Crippen molar-refractivity contribution in [2.75, 3.05) is 12.4 Å². The lowest BCUT2D eigenvalue weighted by Crippen LogP contribution is -2.11. The molecule has 3 aromatic carbocycles. The summed E-state index contributed by atoms with van der Waals surface area (Å²) < 4.78 is 19.0. The maximum atomic E-state index is 13.9. The minimum Gasteiger partial charge on any atom is -0.497 e. The molecule has 0 saturated carbocycles. The average molecular weight is 321 g/mol. The Kier molecular flexibility index (Phi) is 4.57. The zero-order chi connectivity index (χ0) is 16.9. The zero-order valence-corrected chi connectivity index (χ0v) is 13.1. The highest BCUT2D eigenvalue weighted by molar-refractivity contribution is 6.05. The van der Waals surface area contributed by atoms with Gasteiger partial charge in [-0.25, -0.2) is 4.39 Å². The van der Waals surface area contributed by atoms with Crippen LogP contribution in [0.15, 0.2) is 72.8 Å². The third-order valence-electron chi connectivity index (χ3n) is 3.66. The predicted molar refractivity (Wildman–Crippen MR) is 92.8 cm³/mol. The summed E-state index contributed by atoms with van der Waals surface area (Å²) >= 11 is 0. The van der Waals surface area contributed by atoms with E-state index < -0.39 is 0 Å². The maximum absolute atomic E-state index is 13.9. The SMILES string of the molecule is COc1ccc(NC(=O)c2cccc(-c3ccccc3F)c2)cc1. The smallest absolute Gasteiger partial charge is 0.255 e. The maximum Gasteiger partial charge on any atom is 0.255 e. The minimum atomic E-state index is -0.315. The van der Waals surface area contributed by atoms with Crippen LogP contribution in [0.1, 0.15) is 10.4 Å². The standard InChI is InChI=1S/C20H16FNO2/c1-24-17-11-9-16(10-12-17)22-20(23)15-6-4-5-14(13-15)18-7-2-3-8-19(18)21/h2-13H,1H3,(H,22,23). The van der Waals surface area contributed by atoms with E-state index in [0.717, 1.165) is 5.75 Å². The molecule has 0 aliphatic carbocycles. The quantitative estimate of drug-likeness (QED) is 0.753. The fourth-order valence-corrected chi connectivity index (χ4v) is 2.40. The van der Waals surface area contributed by atoms with E-state index in [1.165, 1.54) is 6.07 Å². The van der Waals surface area contributed by atoms with Crippen molar-refractivity contribution in [3.05, 3.63) is 84.2 Å². The molecular formula is C20H16FNO2. The Hall–Kier alpha value is -3.14. The van der Waals surface area contributed by atoms with Gasteiger partial charge in [-0.1, -0.05) is 30.3 Å². The number of nitrogens with one attached hydrogen (secondary N) is 1. The van der Waals surface area contributed by atoms with Crippen molar-refractivity contribution >= 4 is 11.6 Å². The van der Waals surface area contributed by atoms with Gasteiger partial charge in [0, 0.05) is 16.8 Å². The Labute approximate surface area is 139 Å². The first-order chi connectivity index (χ1) is 11.7. The van der Waals surface area contributed by atoms with Crippen molar-refractivity contribution in [1.82, 2.24) is 0 Å². The van der Waals surface area contributed by atoms with Gasteiger partial charge in [-0.15, -0.1) is 0 Å². The van der Waals surface area contributed by atoms with Gasteiger partial charge in [0.25, 0.3) is 5.91 Å². The van der Waals surface area contributed by atoms with Crippen LogP contribution in [0.4, 0.5) is 10.1 Å². The lowest BCUT2D eigenvalue weighted by atomic mass is 10.0. The van der Waals surface area contributed by atoms with Crippen LogP contribution in [0.25, 0.3) is 11.1 Å². The lowest BCUT2D eigenvalue weighted by Gasteiger charge is -2.08. The van der Waals surface area contributed by atoms with E-state index >= 15 is 0 Å². The van der Waals surface area contributed by atoms with Crippen molar-refractivity contribution in [2.45, 2.75) is 0 Å². The normalized spacial score (nSPS) is 10.2. The molecule has 0 aromatic heterocycles. The van der Waals surface area contributed by atoms with E-state index in [1.54, 1.807) is 73.8 Å². The predicted octanol–water partition coefficient (Wildman–Crippen LogP) is 4.75. The fourth-order valence-electron chi connectivity index (χ4n) is 2.40. The van der Waals surface area contributed by atoms with Crippen LogP contribution in [0.5, 0.6) is 5.75 Å². The van der Waals surface area contributed by atoms with Crippen molar-refractivity contribution in [3.63, 3.8) is 0 Å². The number of ether oxygens (including phenoxy) is 1. The molecule has 0 heterocycles. The van der Waals surface area contributed by atoms with E-state index in [1.807, 2.05) is 0 Å². The van der Waals surface area contributed by atoms with Gasteiger partial charge >= 0.3 is 0 Å². The molecule has 0 radical (unpaired) electrons. The van der Waals surface area contributed by atoms with Crippen LogP contribution in [0, 0.1) is 5.82 Å². The van der Waals surface area contributed by atoms with Gasteiger partial charge in [-0.2, -0.15) is 0 Å². The van der Waals surface area contributed by atoms with Gasteiger partial charge in [0.1, 0.15) is 11.6 Å². The highest BCUT2D eigenvalue weighted by Crippen LogP contribution is 2.24. The van der Waals surface area contributed by atoms with Crippen LogP contribution in [0.3, 0.4) is 0 Å². The molecule has 3 aromatic rings. The molecule has 0 bridgehead atoms. The Morgan fingerprint density at radius 1 is 0.958 bits per heavy atom. The largest absolute Gasteiger partial charge is 0.497 e. The van der Waals surface area contributed by atoms with E-state index in [9.17, 15) is 9.18 Å². The summed E-state index contributed by atoms with van der Waals surface area (Å²) in [4.78, 5) is 12.4. The number of amides is 1. The highest BCUT2D eigenvalue weighted by atomic mass is 19.1. The molecule has 0 fully saturated rings. The number of hydrogen-bond donors (Lipinski definition) is 1. The summed E-state index contributed by atoms with van der Waals surface area (Å²) in [7, 11) is 1.59. The van der Waals surface area contributed by atoms with Crippen LogP contribution >= 0.6 is 0 Å². The molecule has 0 atom stereocenters. The van der Waals surface area contributed by atoms with Crippen LogP contribution in [0.2, 0.25) is 0 Å². The van der Waals surface area contributed by atoms with Gasteiger partial charge in [0.2, 0.25) is 0 Å². The number of benzene rings is 3. The molecule has 0 saturated heterocycles. The van der Waals surface area contributed by atoms with Gasteiger partial charge in [0.15, 0.2) is 0 Å². The number of methoxy groups -OCH3 is 1. The van der Waals surface area contributed by atoms with Crippen LogP contribution < -0.4 is 10.1 Å². The molecule has 1 amide bonds. The molecule has 0 spiro atoms. The molecule has 1 N–H and O–H groups in total. The summed E-state index contributed by atoms with van der Waals surface area (Å²) in [6, 6.07) is 20.5. The Morgan fingerprint density at radius 3 is 2.42 bits per heavy atom. The highest BCUT2D eigenvalue weighted by Gasteiger charge is 2.09. The molecule has 4 heteroatoms. The number of halogens is 1.